The van der Waals surface area contributed by atoms with Gasteiger partial charge in [-0.1, -0.05) is 13.8 Å². The summed E-state index contributed by atoms with van der Waals surface area (Å²) in [4.78, 5) is 0. The third-order valence-corrected chi connectivity index (χ3v) is 3.71. The first-order chi connectivity index (χ1) is 6.55. The third-order valence-electron chi connectivity index (χ3n) is 2.43. The van der Waals surface area contributed by atoms with Crippen molar-refractivity contribution >= 4 is 10.2 Å². The van der Waals surface area contributed by atoms with Crippen molar-refractivity contribution in [3.63, 3.8) is 0 Å². The molecule has 0 aromatic heterocycles. The van der Waals surface area contributed by atoms with Gasteiger partial charge in [0, 0.05) is 12.6 Å². The number of rotatable bonds is 4. The van der Waals surface area contributed by atoms with Crippen LogP contribution in [0.15, 0.2) is 0 Å². The number of hydrogen-bond donors (Lipinski definition) is 3. The zero-order chi connectivity index (χ0) is 10.6. The second-order valence-electron chi connectivity index (χ2n) is 3.70. The topological polar surface area (TPSA) is 70.2 Å². The smallest absolute Gasteiger partial charge is 0.277 e. The molecule has 0 saturated carbocycles. The van der Waals surface area contributed by atoms with Gasteiger partial charge in [0.15, 0.2) is 0 Å². The maximum absolute atomic E-state index is 11.4. The summed E-state index contributed by atoms with van der Waals surface area (Å²) in [6.45, 7) is 5.99. The molecule has 0 aromatic rings. The molecule has 84 valence electrons. The number of nitrogens with one attached hydrogen (secondary N) is 3. The van der Waals surface area contributed by atoms with Crippen molar-refractivity contribution in [2.75, 3.05) is 19.6 Å². The lowest BCUT2D eigenvalue weighted by Gasteiger charge is -2.29. The lowest BCUT2D eigenvalue weighted by molar-refractivity contribution is 0.327. The van der Waals surface area contributed by atoms with E-state index in [0.29, 0.717) is 12.5 Å². The van der Waals surface area contributed by atoms with Gasteiger partial charge in [-0.05, 0) is 25.4 Å². The highest BCUT2D eigenvalue weighted by Gasteiger charge is 2.24. The lowest BCUT2D eigenvalue weighted by atomic mass is 9.97. The Bertz CT molecular complexity index is 266. The molecule has 1 fully saturated rings. The van der Waals surface area contributed by atoms with E-state index >= 15 is 0 Å². The van der Waals surface area contributed by atoms with E-state index in [1.54, 1.807) is 6.92 Å². The van der Waals surface area contributed by atoms with Gasteiger partial charge in [-0.25, -0.2) is 4.72 Å². The van der Waals surface area contributed by atoms with Crippen molar-refractivity contribution in [1.29, 1.82) is 0 Å². The quantitative estimate of drug-likeness (QED) is 0.595. The minimum Gasteiger partial charge on any atom is -0.316 e. The van der Waals surface area contributed by atoms with Crippen LogP contribution in [0.2, 0.25) is 0 Å². The predicted molar refractivity (Wildman–Crippen MR) is 56.2 cm³/mol. The van der Waals surface area contributed by atoms with E-state index in [0.717, 1.165) is 19.5 Å². The Morgan fingerprint density at radius 3 is 2.79 bits per heavy atom. The average molecular weight is 221 g/mol. The Morgan fingerprint density at radius 1 is 1.50 bits per heavy atom. The molecule has 0 radical (unpaired) electrons. The molecule has 3 N–H and O–H groups in total. The highest BCUT2D eigenvalue weighted by Crippen LogP contribution is 2.10. The molecule has 0 aliphatic carbocycles. The second kappa shape index (κ2) is 5.06. The first-order valence-electron chi connectivity index (χ1n) is 5.03. The highest BCUT2D eigenvalue weighted by molar-refractivity contribution is 7.87. The van der Waals surface area contributed by atoms with Crippen molar-refractivity contribution in [3.05, 3.63) is 0 Å². The van der Waals surface area contributed by atoms with Crippen LogP contribution < -0.4 is 14.8 Å². The van der Waals surface area contributed by atoms with Gasteiger partial charge in [-0.2, -0.15) is 13.1 Å². The van der Waals surface area contributed by atoms with Gasteiger partial charge in [0.2, 0.25) is 0 Å². The minimum atomic E-state index is -3.29. The monoisotopic (exact) mass is 221 g/mol. The fraction of sp³-hybridized carbons (Fsp3) is 1.00. The zero-order valence-corrected chi connectivity index (χ0v) is 9.52. The summed E-state index contributed by atoms with van der Waals surface area (Å²) < 4.78 is 27.9. The number of hydrogen-bond acceptors (Lipinski definition) is 3. The summed E-state index contributed by atoms with van der Waals surface area (Å²) in [5, 5.41) is 3.23. The van der Waals surface area contributed by atoms with Crippen LogP contribution in [0.3, 0.4) is 0 Å². The van der Waals surface area contributed by atoms with Crippen LogP contribution in [0.4, 0.5) is 0 Å². The summed E-state index contributed by atoms with van der Waals surface area (Å²) in [6.07, 6.45) is 0.853. The summed E-state index contributed by atoms with van der Waals surface area (Å²) in [7, 11) is -3.29. The van der Waals surface area contributed by atoms with E-state index in [-0.39, 0.29) is 6.04 Å². The van der Waals surface area contributed by atoms with Crippen molar-refractivity contribution in [1.82, 2.24) is 14.8 Å². The largest absolute Gasteiger partial charge is 0.316 e. The Morgan fingerprint density at radius 2 is 2.21 bits per heavy atom. The highest BCUT2D eigenvalue weighted by atomic mass is 32.2. The minimum absolute atomic E-state index is 0.0558. The Balaban J connectivity index is 2.49. The first kappa shape index (κ1) is 11.9. The molecule has 6 heteroatoms. The van der Waals surface area contributed by atoms with Crippen molar-refractivity contribution in [3.8, 4) is 0 Å². The average Bonchev–Trinajstić information content (AvgIpc) is 2.08. The van der Waals surface area contributed by atoms with Crippen LogP contribution in [-0.4, -0.2) is 34.1 Å². The van der Waals surface area contributed by atoms with Crippen LogP contribution in [0.25, 0.3) is 0 Å². The molecule has 1 saturated heterocycles. The molecule has 2 unspecified atom stereocenters. The van der Waals surface area contributed by atoms with E-state index in [1.807, 2.05) is 6.92 Å². The maximum atomic E-state index is 11.4. The molecule has 5 nitrogen and oxygen atoms in total. The summed E-state index contributed by atoms with van der Waals surface area (Å²) in [6, 6.07) is 0.0558. The Hall–Kier alpha value is -0.170. The molecule has 2 atom stereocenters. The molecule has 0 amide bonds. The van der Waals surface area contributed by atoms with Crippen LogP contribution in [0.5, 0.6) is 0 Å². The summed E-state index contributed by atoms with van der Waals surface area (Å²) >= 11 is 0. The van der Waals surface area contributed by atoms with E-state index in [1.165, 1.54) is 0 Å². The normalized spacial score (nSPS) is 29.0. The molecule has 0 bridgehead atoms. The van der Waals surface area contributed by atoms with Gasteiger partial charge >= 0.3 is 0 Å². The second-order valence-corrected chi connectivity index (χ2v) is 5.23. The van der Waals surface area contributed by atoms with Gasteiger partial charge in [0.1, 0.15) is 0 Å². The fourth-order valence-corrected chi connectivity index (χ4v) is 2.83. The maximum Gasteiger partial charge on any atom is 0.277 e. The van der Waals surface area contributed by atoms with E-state index in [4.69, 9.17) is 0 Å². The van der Waals surface area contributed by atoms with Gasteiger partial charge in [0.25, 0.3) is 10.2 Å². The Kier molecular flexibility index (Phi) is 4.31. The molecule has 1 aliphatic rings. The van der Waals surface area contributed by atoms with Crippen LogP contribution in [0.1, 0.15) is 20.3 Å². The standard InChI is InChI=1S/C8H19N3O2S/c1-3-10-14(12,13)11-8-4-5-9-6-7(8)2/h7-11H,3-6H2,1-2H3. The van der Waals surface area contributed by atoms with Gasteiger partial charge < -0.3 is 5.32 Å². The molecular formula is C8H19N3O2S. The van der Waals surface area contributed by atoms with Crippen LogP contribution in [0, 0.1) is 5.92 Å². The first-order valence-corrected chi connectivity index (χ1v) is 6.51. The molecule has 1 rings (SSSR count). The van der Waals surface area contributed by atoms with Crippen LogP contribution in [-0.2, 0) is 10.2 Å². The van der Waals surface area contributed by atoms with E-state index in [9.17, 15) is 8.42 Å². The van der Waals surface area contributed by atoms with E-state index in [2.05, 4.69) is 14.8 Å². The predicted octanol–water partition coefficient (Wildman–Crippen LogP) is -0.572. The molecule has 0 aromatic carbocycles. The van der Waals surface area contributed by atoms with Gasteiger partial charge in [-0.3, -0.25) is 0 Å². The molecule has 14 heavy (non-hydrogen) atoms. The van der Waals surface area contributed by atoms with Crippen molar-refractivity contribution < 1.29 is 8.42 Å². The summed E-state index contributed by atoms with van der Waals surface area (Å²) in [5.74, 6) is 0.345. The third kappa shape index (κ3) is 3.53. The molecule has 0 spiro atoms. The van der Waals surface area contributed by atoms with Gasteiger partial charge in [-0.15, -0.1) is 0 Å². The number of piperidine rings is 1. The van der Waals surface area contributed by atoms with Crippen molar-refractivity contribution in [2.45, 2.75) is 26.3 Å². The van der Waals surface area contributed by atoms with Gasteiger partial charge in [0.05, 0.1) is 0 Å². The Labute approximate surface area is 85.8 Å². The zero-order valence-electron chi connectivity index (χ0n) is 8.71. The molecule has 1 heterocycles. The molecule has 1 aliphatic heterocycles. The van der Waals surface area contributed by atoms with Crippen molar-refractivity contribution in [2.24, 2.45) is 5.92 Å². The summed E-state index contributed by atoms with van der Waals surface area (Å²) in [5.41, 5.74) is 0. The lowest BCUT2D eigenvalue weighted by Crippen LogP contribution is -2.51. The fourth-order valence-electron chi connectivity index (χ4n) is 1.62. The van der Waals surface area contributed by atoms with Crippen LogP contribution >= 0.6 is 0 Å². The van der Waals surface area contributed by atoms with E-state index < -0.39 is 10.2 Å². The SMILES string of the molecule is CCNS(=O)(=O)NC1CCNCC1C. The molecular weight excluding hydrogens is 202 g/mol.